The molecule has 3 aliphatic rings. The lowest BCUT2D eigenvalue weighted by Crippen LogP contribution is -2.51. The van der Waals surface area contributed by atoms with Crippen LogP contribution in [-0.4, -0.2) is 109 Å². The van der Waals surface area contributed by atoms with Crippen molar-refractivity contribution in [3.05, 3.63) is 77.4 Å². The van der Waals surface area contributed by atoms with Crippen LogP contribution in [0, 0.1) is 28.9 Å². The fourth-order valence-corrected chi connectivity index (χ4v) is 6.95. The van der Waals surface area contributed by atoms with Crippen LogP contribution in [0.3, 0.4) is 0 Å². The van der Waals surface area contributed by atoms with Gasteiger partial charge in [0.15, 0.2) is 17.5 Å². The molecule has 2 unspecified atom stereocenters. The maximum atomic E-state index is 14.2. The number of benzene rings is 1. The number of unbranched alkanes of at least 4 members (excludes halogenated alkanes) is 2. The van der Waals surface area contributed by atoms with Gasteiger partial charge in [0, 0.05) is 24.4 Å². The van der Waals surface area contributed by atoms with Crippen LogP contribution >= 0.6 is 0 Å². The third-order valence-electron chi connectivity index (χ3n) is 10.2. The van der Waals surface area contributed by atoms with Gasteiger partial charge < -0.3 is 48.2 Å². The van der Waals surface area contributed by atoms with Crippen LogP contribution in [0.25, 0.3) is 0 Å². The van der Waals surface area contributed by atoms with E-state index in [1.807, 2.05) is 35.8 Å². The molecule has 3 fully saturated rings. The maximum absolute atomic E-state index is 14.2. The van der Waals surface area contributed by atoms with Crippen molar-refractivity contribution in [2.24, 2.45) is 17.6 Å². The van der Waals surface area contributed by atoms with Crippen LogP contribution in [0.2, 0.25) is 0 Å². The number of aromatic nitrogens is 3. The van der Waals surface area contributed by atoms with E-state index in [1.54, 1.807) is 7.05 Å². The summed E-state index contributed by atoms with van der Waals surface area (Å²) in [5.74, 6) is -1.27. The average molecular weight is 896 g/mol. The van der Waals surface area contributed by atoms with E-state index in [9.17, 15) is 37.5 Å². The third kappa shape index (κ3) is 18.8. The zero-order valence-electron chi connectivity index (χ0n) is 35.8. The summed E-state index contributed by atoms with van der Waals surface area (Å²) in [4.78, 5) is 82.7. The molecule has 20 nitrogen and oxygen atoms in total. The lowest BCUT2D eigenvalue weighted by Gasteiger charge is -2.42. The van der Waals surface area contributed by atoms with Gasteiger partial charge in [-0.3, -0.25) is 34.2 Å². The molecule has 0 radical (unpaired) electrons. The average Bonchev–Trinajstić information content (AvgIpc) is 3.30. The first-order valence-electron chi connectivity index (χ1n) is 20.9. The third-order valence-corrected chi connectivity index (χ3v) is 10.2. The second kappa shape index (κ2) is 29.0. The topological polar surface area (TPSA) is 310 Å². The Balaban J connectivity index is 0.000000274. The van der Waals surface area contributed by atoms with Gasteiger partial charge in [0.05, 0.1) is 32.0 Å². The lowest BCUT2D eigenvalue weighted by molar-refractivity contribution is -0.131. The highest BCUT2D eigenvalue weighted by Gasteiger charge is 2.36. The molecule has 0 saturated heterocycles. The lowest BCUT2D eigenvalue weighted by atomic mass is 9.68. The number of nitrogen functional groups attached to an aromatic ring is 1. The van der Waals surface area contributed by atoms with E-state index in [4.69, 9.17) is 16.9 Å². The molecule has 6 rings (SSSR count). The predicted octanol–water partition coefficient (Wildman–Crippen LogP) is 0.760. The minimum absolute atomic E-state index is 0.00317. The van der Waals surface area contributed by atoms with Crippen molar-refractivity contribution in [2.45, 2.75) is 76.3 Å². The summed E-state index contributed by atoms with van der Waals surface area (Å²) in [6, 6.07) is 9.67. The number of hydroxylamine groups is 1. The Hall–Kier alpha value is -6.52. The normalized spacial score (nSPS) is 16.2. The van der Waals surface area contributed by atoms with Crippen LogP contribution in [0.1, 0.15) is 74.7 Å². The number of halogens is 2. The van der Waals surface area contributed by atoms with Gasteiger partial charge in [0.2, 0.25) is 30.0 Å². The molecule has 2 heterocycles. The number of nitrogens with one attached hydrogen (secondary N) is 8. The number of likely N-dealkylation sites (N-methyl/N-ethyl adjacent to an activating group) is 1. The number of carbonyl (C=O) groups excluding carboxylic acids is 6. The Morgan fingerprint density at radius 3 is 2.34 bits per heavy atom. The van der Waals surface area contributed by atoms with Crippen LogP contribution in [0.4, 0.5) is 20.4 Å². The number of rotatable bonds is 23. The number of fused-ring (bicyclic) bond motifs is 3. The van der Waals surface area contributed by atoms with Gasteiger partial charge in [-0.2, -0.15) is 0 Å². The van der Waals surface area contributed by atoms with E-state index in [2.05, 4.69) is 51.7 Å². The molecule has 3 aliphatic carbocycles. The van der Waals surface area contributed by atoms with Crippen LogP contribution in [0.15, 0.2) is 48.8 Å². The van der Waals surface area contributed by atoms with Crippen molar-refractivity contribution in [1.29, 1.82) is 5.41 Å². The minimum Gasteiger partial charge on any atom is -0.383 e. The SMILES string of the molecule is CNCC(=O)NC(Cc1ccccc1)C(=O)NCC(=O)NCONC=O.N=C(c1ncc(F)c(NC2CC3CCC2CC3)n1)c1cc(F)cnc1N.NCCCCCC(=O)NCC=O. The fourth-order valence-electron chi connectivity index (χ4n) is 6.95. The number of aldehydes is 1. The van der Waals surface area contributed by atoms with E-state index in [-0.39, 0.29) is 79.4 Å². The van der Waals surface area contributed by atoms with Gasteiger partial charge in [-0.25, -0.2) is 29.2 Å². The molecule has 0 spiro atoms. The highest BCUT2D eigenvalue weighted by atomic mass is 19.1. The summed E-state index contributed by atoms with van der Waals surface area (Å²) in [7, 11) is 1.62. The molecule has 2 atom stereocenters. The molecular formula is C42H59F2N13O7. The summed E-state index contributed by atoms with van der Waals surface area (Å²) in [6.45, 7) is 0.335. The largest absolute Gasteiger partial charge is 0.383 e. The fraction of sp³-hybridized carbons (Fsp3) is 0.476. The second-order valence-electron chi connectivity index (χ2n) is 14.9. The van der Waals surface area contributed by atoms with E-state index >= 15 is 0 Å². The molecule has 22 heteroatoms. The van der Waals surface area contributed by atoms with Gasteiger partial charge in [-0.05, 0) is 69.2 Å². The van der Waals surface area contributed by atoms with Crippen LogP contribution in [-0.2, 0) is 40.0 Å². The number of anilines is 2. The van der Waals surface area contributed by atoms with Gasteiger partial charge in [-0.1, -0.05) is 49.6 Å². The van der Waals surface area contributed by atoms with Crippen molar-refractivity contribution < 1.29 is 42.4 Å². The summed E-state index contributed by atoms with van der Waals surface area (Å²) in [6.07, 6.45) is 12.4. The van der Waals surface area contributed by atoms with Crippen molar-refractivity contribution in [2.75, 3.05) is 51.0 Å². The molecule has 1 aromatic carbocycles. The van der Waals surface area contributed by atoms with Crippen molar-refractivity contribution in [3.63, 3.8) is 0 Å². The number of nitrogens with zero attached hydrogens (tertiary/aromatic N) is 3. The Kier molecular flexibility index (Phi) is 23.5. The van der Waals surface area contributed by atoms with E-state index in [0.717, 1.165) is 62.5 Å². The molecule has 348 valence electrons. The number of pyridine rings is 1. The quantitative estimate of drug-likeness (QED) is 0.0207. The molecule has 2 bridgehead atoms. The summed E-state index contributed by atoms with van der Waals surface area (Å²) < 4.78 is 27.7. The molecule has 0 aliphatic heterocycles. The van der Waals surface area contributed by atoms with Gasteiger partial charge in [-0.15, -0.1) is 0 Å². The van der Waals surface area contributed by atoms with E-state index in [1.165, 1.54) is 12.8 Å². The van der Waals surface area contributed by atoms with Gasteiger partial charge >= 0.3 is 0 Å². The summed E-state index contributed by atoms with van der Waals surface area (Å²) in [5, 5.41) is 24.0. The number of hydrogen-bond donors (Lipinski definition) is 10. The summed E-state index contributed by atoms with van der Waals surface area (Å²) >= 11 is 0. The Morgan fingerprint density at radius 1 is 0.938 bits per heavy atom. The summed E-state index contributed by atoms with van der Waals surface area (Å²) in [5.41, 5.74) is 13.7. The van der Waals surface area contributed by atoms with Crippen LogP contribution in [0.5, 0.6) is 0 Å². The zero-order valence-corrected chi connectivity index (χ0v) is 35.8. The first-order chi connectivity index (χ1) is 30.9. The Labute approximate surface area is 370 Å². The molecule has 2 aromatic heterocycles. The zero-order chi connectivity index (χ0) is 46.7. The van der Waals surface area contributed by atoms with Gasteiger partial charge in [0.1, 0.15) is 36.4 Å². The molecule has 3 saturated carbocycles. The first kappa shape index (κ1) is 51.8. The number of hydrogen-bond acceptors (Lipinski definition) is 15. The minimum atomic E-state index is -0.820. The molecule has 5 amide bonds. The molecule has 3 aromatic rings. The first-order valence-corrected chi connectivity index (χ1v) is 20.9. The Bertz CT molecular complexity index is 1970. The van der Waals surface area contributed by atoms with Crippen molar-refractivity contribution in [3.8, 4) is 0 Å². The standard InChI is InChI=1S/C18H20F2N6.C16H23N5O5.C8H16N2O2/c19-11-6-12(16(22)23-7-11)15(21)18-24-8-13(20)17(26-18)25-14-5-9-1-3-10(14)4-2-9;1-17-8-15(24)21-13(7-12-5-3-2-4-6-12)16(25)18-9-14(23)19-11-26-20-10-22;9-5-3-1-2-4-8(12)10-6-7-11/h6-10,14,21H,1-5H2,(H2,22,23)(H,24,25,26);2-6,10,13,17H,7-9,11H2,1H3,(H,18,25)(H,19,23)(H,20,22)(H,21,24);7H,1-6,9H2,(H,10,12). The number of nitrogens with two attached hydrogens (primary N) is 2. The van der Waals surface area contributed by atoms with Crippen molar-refractivity contribution >= 4 is 53.7 Å². The van der Waals surface area contributed by atoms with E-state index in [0.29, 0.717) is 37.5 Å². The Morgan fingerprint density at radius 2 is 1.69 bits per heavy atom. The van der Waals surface area contributed by atoms with Gasteiger partial charge in [0.25, 0.3) is 0 Å². The second-order valence-corrected chi connectivity index (χ2v) is 14.9. The monoisotopic (exact) mass is 895 g/mol. The maximum Gasteiger partial charge on any atom is 0.243 e. The van der Waals surface area contributed by atoms with E-state index < -0.39 is 29.5 Å². The number of amides is 5. The molecule has 64 heavy (non-hydrogen) atoms. The smallest absolute Gasteiger partial charge is 0.243 e. The molecule has 12 N–H and O–H groups in total. The van der Waals surface area contributed by atoms with Crippen LogP contribution < -0.4 is 48.8 Å². The highest BCUT2D eigenvalue weighted by molar-refractivity contribution is 6.11. The molecular weight excluding hydrogens is 837 g/mol. The van der Waals surface area contributed by atoms with Crippen molar-refractivity contribution in [1.82, 2.24) is 47.0 Å². The predicted molar refractivity (Wildman–Crippen MR) is 233 cm³/mol. The number of carbonyl (C=O) groups is 6. The highest BCUT2D eigenvalue weighted by Crippen LogP contribution is 2.42.